The number of benzene rings is 3. The Kier molecular flexibility index (Phi) is 7.99. The largest absolute Gasteiger partial charge is 0.513 e. The van der Waals surface area contributed by atoms with Crippen LogP contribution in [0.2, 0.25) is 0 Å². The number of hydrogen-bond acceptors (Lipinski definition) is 7. The van der Waals surface area contributed by atoms with Gasteiger partial charge < -0.3 is 20.1 Å². The Labute approximate surface area is 231 Å². The van der Waals surface area contributed by atoms with Gasteiger partial charge in [0.1, 0.15) is 5.75 Å². The highest BCUT2D eigenvalue weighted by Crippen LogP contribution is 2.30. The van der Waals surface area contributed by atoms with Gasteiger partial charge in [0.25, 0.3) is 23.6 Å². The number of hydrogen-bond donors (Lipinski definition) is 2. The summed E-state index contributed by atoms with van der Waals surface area (Å²) in [5.74, 6) is -1.33. The number of nitrogens with one attached hydrogen (secondary N) is 2. The maximum absolute atomic E-state index is 12.8. The summed E-state index contributed by atoms with van der Waals surface area (Å²) < 4.78 is 9.71. The minimum Gasteiger partial charge on any atom is -0.434 e. The topological polar surface area (TPSA) is 131 Å². The van der Waals surface area contributed by atoms with E-state index in [0.717, 1.165) is 5.56 Å². The van der Waals surface area contributed by atoms with E-state index in [4.69, 9.17) is 9.47 Å². The molecule has 1 aliphatic rings. The van der Waals surface area contributed by atoms with Crippen LogP contribution < -0.4 is 15.4 Å². The van der Waals surface area contributed by atoms with Gasteiger partial charge in [0.15, 0.2) is 0 Å². The lowest BCUT2D eigenvalue weighted by Crippen LogP contribution is -2.45. The first-order valence-corrected chi connectivity index (χ1v) is 12.6. The second-order valence-electron chi connectivity index (χ2n) is 10.0. The molecule has 0 bridgehead atoms. The number of amides is 4. The first-order chi connectivity index (χ1) is 19.0. The molecule has 2 N–H and O–H groups in total. The van der Waals surface area contributed by atoms with Gasteiger partial charge in [-0.15, -0.1) is 0 Å². The number of carbonyl (C=O) groups is 5. The first-order valence-electron chi connectivity index (χ1n) is 12.6. The van der Waals surface area contributed by atoms with Crippen LogP contribution in [-0.4, -0.2) is 46.8 Å². The SMILES string of the molecule is CCOC(=O)Oc1ccc(C(=O)Nc2cccc(CNC(=O)c3ccc4c(c3)C(=O)N(C(C)(C)C)C4=O)c2)cc1. The molecular weight excluding hydrogens is 514 g/mol. The van der Waals surface area contributed by atoms with Crippen molar-refractivity contribution < 1.29 is 33.4 Å². The molecule has 4 rings (SSSR count). The Bertz CT molecular complexity index is 1490. The summed E-state index contributed by atoms with van der Waals surface area (Å²) in [6.07, 6.45) is -0.824. The van der Waals surface area contributed by atoms with E-state index in [0.29, 0.717) is 11.3 Å². The number of anilines is 1. The molecule has 0 unspecified atom stereocenters. The van der Waals surface area contributed by atoms with Crippen molar-refractivity contribution in [3.8, 4) is 5.75 Å². The molecule has 3 aromatic carbocycles. The maximum Gasteiger partial charge on any atom is 0.513 e. The highest BCUT2D eigenvalue weighted by atomic mass is 16.7. The summed E-state index contributed by atoms with van der Waals surface area (Å²) in [7, 11) is 0. The van der Waals surface area contributed by atoms with E-state index >= 15 is 0 Å². The molecule has 1 heterocycles. The van der Waals surface area contributed by atoms with Gasteiger partial charge in [-0.1, -0.05) is 12.1 Å². The molecule has 10 heteroatoms. The third-order valence-electron chi connectivity index (χ3n) is 6.04. The van der Waals surface area contributed by atoms with Crippen molar-refractivity contribution in [2.45, 2.75) is 39.8 Å². The van der Waals surface area contributed by atoms with Gasteiger partial charge in [-0.25, -0.2) is 4.79 Å². The highest BCUT2D eigenvalue weighted by Gasteiger charge is 2.42. The van der Waals surface area contributed by atoms with Crippen molar-refractivity contribution in [1.29, 1.82) is 0 Å². The van der Waals surface area contributed by atoms with Crippen molar-refractivity contribution in [3.63, 3.8) is 0 Å². The lowest BCUT2D eigenvalue weighted by Gasteiger charge is -2.29. The van der Waals surface area contributed by atoms with Crippen LogP contribution in [0.25, 0.3) is 0 Å². The molecule has 0 saturated carbocycles. The minimum absolute atomic E-state index is 0.167. The molecule has 0 atom stereocenters. The monoisotopic (exact) mass is 543 g/mol. The molecule has 4 amide bonds. The second-order valence-corrected chi connectivity index (χ2v) is 10.0. The number of imide groups is 1. The van der Waals surface area contributed by atoms with Gasteiger partial charge in [-0.3, -0.25) is 24.1 Å². The van der Waals surface area contributed by atoms with E-state index in [1.165, 1.54) is 47.4 Å². The standard InChI is InChI=1S/C30H29N3O7/c1-5-39-29(38)40-22-12-9-19(10-13-22)26(35)32-21-8-6-7-18(15-21)17-31-25(34)20-11-14-23-24(16-20)28(37)33(27(23)36)30(2,3)4/h6-16H,5,17H2,1-4H3,(H,31,34)(H,32,35). The molecular formula is C30H29N3O7. The number of carbonyl (C=O) groups excluding carboxylic acids is 5. The van der Waals surface area contributed by atoms with Gasteiger partial charge in [-0.2, -0.15) is 0 Å². The van der Waals surface area contributed by atoms with Crippen molar-refractivity contribution in [2.24, 2.45) is 0 Å². The fourth-order valence-electron chi connectivity index (χ4n) is 4.16. The van der Waals surface area contributed by atoms with Gasteiger partial charge in [-0.05, 0) is 87.9 Å². The molecule has 206 valence electrons. The molecule has 0 aliphatic carbocycles. The van der Waals surface area contributed by atoms with Crippen molar-refractivity contribution in [2.75, 3.05) is 11.9 Å². The first kappa shape index (κ1) is 28.0. The smallest absolute Gasteiger partial charge is 0.434 e. The normalized spacial score (nSPS) is 12.6. The molecule has 3 aromatic rings. The lowest BCUT2D eigenvalue weighted by atomic mass is 10.1. The predicted octanol–water partition coefficient (Wildman–Crippen LogP) is 4.80. The quantitative estimate of drug-likeness (QED) is 0.249. The van der Waals surface area contributed by atoms with Crippen molar-refractivity contribution >= 4 is 35.5 Å². The zero-order valence-electron chi connectivity index (χ0n) is 22.6. The van der Waals surface area contributed by atoms with E-state index in [1.807, 2.05) is 0 Å². The van der Waals surface area contributed by atoms with Crippen LogP contribution in [0.5, 0.6) is 5.75 Å². The fourth-order valence-corrected chi connectivity index (χ4v) is 4.16. The number of fused-ring (bicyclic) bond motifs is 1. The van der Waals surface area contributed by atoms with Crippen LogP contribution in [0.1, 0.15) is 74.7 Å². The van der Waals surface area contributed by atoms with Gasteiger partial charge in [0.05, 0.1) is 17.7 Å². The van der Waals surface area contributed by atoms with E-state index in [-0.39, 0.29) is 47.4 Å². The van der Waals surface area contributed by atoms with Gasteiger partial charge >= 0.3 is 6.16 Å². The molecule has 10 nitrogen and oxygen atoms in total. The van der Waals surface area contributed by atoms with E-state index in [9.17, 15) is 24.0 Å². The number of ether oxygens (including phenoxy) is 2. The highest BCUT2D eigenvalue weighted by molar-refractivity contribution is 6.22. The van der Waals surface area contributed by atoms with Crippen molar-refractivity contribution in [1.82, 2.24) is 10.2 Å². The molecule has 0 fully saturated rings. The third-order valence-corrected chi connectivity index (χ3v) is 6.04. The summed E-state index contributed by atoms with van der Waals surface area (Å²) in [4.78, 5) is 63.6. The summed E-state index contributed by atoms with van der Waals surface area (Å²) in [5.41, 5.74) is 1.67. The molecule has 0 radical (unpaired) electrons. The molecule has 1 aliphatic heterocycles. The van der Waals surface area contributed by atoms with E-state index < -0.39 is 23.5 Å². The third kappa shape index (κ3) is 6.17. The molecule has 0 aromatic heterocycles. The Balaban J connectivity index is 1.37. The Morgan fingerprint density at radius 3 is 2.17 bits per heavy atom. The zero-order chi connectivity index (χ0) is 29.0. The maximum atomic E-state index is 12.8. The molecule has 0 saturated heterocycles. The van der Waals surface area contributed by atoms with Crippen molar-refractivity contribution in [3.05, 3.63) is 94.5 Å². The second kappa shape index (κ2) is 11.4. The van der Waals surface area contributed by atoms with Gasteiger partial charge in [0.2, 0.25) is 0 Å². The average molecular weight is 544 g/mol. The summed E-state index contributed by atoms with van der Waals surface area (Å²) >= 11 is 0. The van der Waals surface area contributed by atoms with Gasteiger partial charge in [0, 0.05) is 28.9 Å². The fraction of sp³-hybridized carbons (Fsp3) is 0.233. The minimum atomic E-state index is -0.824. The van der Waals surface area contributed by atoms with E-state index in [1.54, 1.807) is 52.0 Å². The summed E-state index contributed by atoms with van der Waals surface area (Å²) in [6.45, 7) is 7.35. The van der Waals surface area contributed by atoms with Crippen LogP contribution in [0.15, 0.2) is 66.7 Å². The lowest BCUT2D eigenvalue weighted by molar-refractivity contribution is 0.0507. The summed E-state index contributed by atoms with van der Waals surface area (Å²) in [6, 6.07) is 17.4. The molecule has 0 spiro atoms. The van der Waals surface area contributed by atoms with Crippen LogP contribution in [0, 0.1) is 0 Å². The molecule has 40 heavy (non-hydrogen) atoms. The van der Waals surface area contributed by atoms with E-state index in [2.05, 4.69) is 10.6 Å². The number of nitrogens with zero attached hydrogens (tertiary/aromatic N) is 1. The number of rotatable bonds is 7. The Morgan fingerprint density at radius 2 is 1.50 bits per heavy atom. The van der Waals surface area contributed by atoms with Crippen LogP contribution in [0.4, 0.5) is 10.5 Å². The summed E-state index contributed by atoms with van der Waals surface area (Å²) in [5, 5.41) is 5.60. The van der Waals surface area contributed by atoms with Crippen LogP contribution in [0.3, 0.4) is 0 Å². The Hall–Kier alpha value is -4.99. The zero-order valence-corrected chi connectivity index (χ0v) is 22.6. The Morgan fingerprint density at radius 1 is 0.825 bits per heavy atom. The average Bonchev–Trinajstić information content (AvgIpc) is 3.17. The predicted molar refractivity (Wildman–Crippen MR) is 146 cm³/mol. The van der Waals surface area contributed by atoms with Crippen LogP contribution in [-0.2, 0) is 11.3 Å². The van der Waals surface area contributed by atoms with Crippen LogP contribution >= 0.6 is 0 Å².